The molecule has 0 saturated heterocycles. The molecular weight excluding hydrogens is 461 g/mol. The summed E-state index contributed by atoms with van der Waals surface area (Å²) in [6.45, 7) is 1.81. The fourth-order valence-electron chi connectivity index (χ4n) is 3.42. The van der Waals surface area contributed by atoms with Gasteiger partial charge in [0.25, 0.3) is 0 Å². The summed E-state index contributed by atoms with van der Waals surface area (Å²) in [5.74, 6) is -0.336. The van der Waals surface area contributed by atoms with Crippen molar-refractivity contribution in [1.29, 1.82) is 0 Å². The van der Waals surface area contributed by atoms with E-state index in [4.69, 9.17) is 9.15 Å². The smallest absolute Gasteiger partial charge is 0.248 e. The number of halogens is 2. The van der Waals surface area contributed by atoms with Crippen LogP contribution in [0.25, 0.3) is 27.7 Å². The molecule has 0 aliphatic heterocycles. The monoisotopic (exact) mass is 479 g/mol. The Kier molecular flexibility index (Phi) is 5.91. The standard InChI is InChI=1S/C25H19BrFNO3/c1-15(10-25(29)28-22-9-4-3-8-21(22)27)18-12-19-20(16-6-5-7-17(26)11-16)14-31-24(19)13-23(18)30-2/h3-14H,1-2H3,(H,28,29)/b15-10+. The van der Waals surface area contributed by atoms with E-state index in [9.17, 15) is 9.18 Å². The van der Waals surface area contributed by atoms with Crippen molar-refractivity contribution >= 4 is 44.1 Å². The van der Waals surface area contributed by atoms with Crippen molar-refractivity contribution in [3.05, 3.63) is 88.9 Å². The maximum atomic E-state index is 13.8. The predicted octanol–water partition coefficient (Wildman–Crippen LogP) is 7.05. The van der Waals surface area contributed by atoms with Crippen molar-refractivity contribution in [1.82, 2.24) is 0 Å². The fraction of sp³-hybridized carbons (Fsp3) is 0.0800. The molecule has 0 saturated carbocycles. The van der Waals surface area contributed by atoms with Crippen LogP contribution < -0.4 is 10.1 Å². The molecule has 4 nitrogen and oxygen atoms in total. The minimum absolute atomic E-state index is 0.130. The molecule has 0 unspecified atom stereocenters. The van der Waals surface area contributed by atoms with Crippen LogP contribution in [0.15, 0.2) is 81.9 Å². The second-order valence-electron chi connectivity index (χ2n) is 7.00. The molecule has 0 aliphatic rings. The lowest BCUT2D eigenvalue weighted by Gasteiger charge is -2.10. The number of furan rings is 1. The first-order valence-corrected chi connectivity index (χ1v) is 10.3. The number of anilines is 1. The Balaban J connectivity index is 1.73. The van der Waals surface area contributed by atoms with Crippen LogP contribution in [-0.2, 0) is 4.79 Å². The third-order valence-corrected chi connectivity index (χ3v) is 5.43. The lowest BCUT2D eigenvalue weighted by atomic mass is 9.99. The van der Waals surface area contributed by atoms with Crippen LogP contribution in [0.1, 0.15) is 12.5 Å². The van der Waals surface area contributed by atoms with E-state index in [2.05, 4.69) is 21.2 Å². The van der Waals surface area contributed by atoms with Crippen LogP contribution in [0.3, 0.4) is 0 Å². The summed E-state index contributed by atoms with van der Waals surface area (Å²) in [5.41, 5.74) is 4.17. The van der Waals surface area contributed by atoms with E-state index in [0.29, 0.717) is 16.9 Å². The molecule has 1 N–H and O–H groups in total. The van der Waals surface area contributed by atoms with Gasteiger partial charge in [-0.25, -0.2) is 4.39 Å². The number of hydrogen-bond acceptors (Lipinski definition) is 3. The lowest BCUT2D eigenvalue weighted by Crippen LogP contribution is -2.10. The van der Waals surface area contributed by atoms with Crippen LogP contribution in [0.5, 0.6) is 5.75 Å². The third-order valence-electron chi connectivity index (χ3n) is 4.94. The summed E-state index contributed by atoms with van der Waals surface area (Å²) in [6, 6.07) is 17.7. The molecule has 0 spiro atoms. The van der Waals surface area contributed by atoms with Crippen molar-refractivity contribution in [3.8, 4) is 16.9 Å². The highest BCUT2D eigenvalue weighted by molar-refractivity contribution is 9.10. The summed E-state index contributed by atoms with van der Waals surface area (Å²) in [6.07, 6.45) is 3.13. The van der Waals surface area contributed by atoms with Crippen molar-refractivity contribution in [2.45, 2.75) is 6.92 Å². The van der Waals surface area contributed by atoms with Gasteiger partial charge in [-0.3, -0.25) is 4.79 Å². The molecule has 4 rings (SSSR count). The second kappa shape index (κ2) is 8.78. The molecule has 0 atom stereocenters. The molecule has 3 aromatic carbocycles. The number of benzene rings is 3. The van der Waals surface area contributed by atoms with E-state index in [0.717, 1.165) is 26.5 Å². The number of hydrogen-bond donors (Lipinski definition) is 1. The predicted molar refractivity (Wildman–Crippen MR) is 125 cm³/mol. The highest BCUT2D eigenvalue weighted by Gasteiger charge is 2.15. The molecular formula is C25H19BrFNO3. The molecule has 6 heteroatoms. The number of methoxy groups -OCH3 is 1. The van der Waals surface area contributed by atoms with Crippen LogP contribution in [0.2, 0.25) is 0 Å². The zero-order chi connectivity index (χ0) is 22.0. The number of allylic oxidation sites excluding steroid dienone is 1. The molecule has 156 valence electrons. The molecule has 4 aromatic rings. The Morgan fingerprint density at radius 2 is 1.94 bits per heavy atom. The topological polar surface area (TPSA) is 51.5 Å². The van der Waals surface area contributed by atoms with Gasteiger partial charge in [-0.05, 0) is 48.4 Å². The van der Waals surface area contributed by atoms with Gasteiger partial charge in [0.2, 0.25) is 5.91 Å². The zero-order valence-corrected chi connectivity index (χ0v) is 18.5. The molecule has 1 heterocycles. The number of nitrogens with one attached hydrogen (secondary N) is 1. The van der Waals surface area contributed by atoms with E-state index in [-0.39, 0.29) is 5.69 Å². The average molecular weight is 480 g/mol. The molecule has 1 aromatic heterocycles. The maximum Gasteiger partial charge on any atom is 0.248 e. The summed E-state index contributed by atoms with van der Waals surface area (Å²) >= 11 is 3.50. The molecule has 0 radical (unpaired) electrons. The molecule has 0 bridgehead atoms. The van der Waals surface area contributed by atoms with Crippen molar-refractivity contribution in [2.75, 3.05) is 12.4 Å². The minimum atomic E-state index is -0.488. The summed E-state index contributed by atoms with van der Waals surface area (Å²) in [7, 11) is 1.57. The first-order valence-electron chi connectivity index (χ1n) is 9.55. The van der Waals surface area contributed by atoms with Gasteiger partial charge >= 0.3 is 0 Å². The van der Waals surface area contributed by atoms with Crippen molar-refractivity contribution in [3.63, 3.8) is 0 Å². The van der Waals surface area contributed by atoms with Gasteiger partial charge in [-0.1, -0.05) is 40.2 Å². The van der Waals surface area contributed by atoms with Gasteiger partial charge in [0, 0.05) is 33.1 Å². The molecule has 1 amide bonds. The van der Waals surface area contributed by atoms with Crippen molar-refractivity contribution < 1.29 is 18.3 Å². The Morgan fingerprint density at radius 1 is 1.13 bits per heavy atom. The van der Waals surface area contributed by atoms with E-state index >= 15 is 0 Å². The maximum absolute atomic E-state index is 13.8. The van der Waals surface area contributed by atoms with Crippen LogP contribution in [0.4, 0.5) is 10.1 Å². The lowest BCUT2D eigenvalue weighted by molar-refractivity contribution is -0.111. The molecule has 31 heavy (non-hydrogen) atoms. The van der Waals surface area contributed by atoms with Gasteiger partial charge in [0.05, 0.1) is 19.1 Å². The normalized spacial score (nSPS) is 11.5. The van der Waals surface area contributed by atoms with Gasteiger partial charge in [-0.15, -0.1) is 0 Å². The van der Waals surface area contributed by atoms with Crippen LogP contribution in [0, 0.1) is 5.82 Å². The van der Waals surface area contributed by atoms with E-state index in [1.165, 1.54) is 18.2 Å². The van der Waals surface area contributed by atoms with Gasteiger partial charge in [0.1, 0.15) is 17.1 Å². The van der Waals surface area contributed by atoms with E-state index < -0.39 is 11.7 Å². The van der Waals surface area contributed by atoms with Crippen LogP contribution in [-0.4, -0.2) is 13.0 Å². The number of carbonyl (C=O) groups is 1. The molecule has 0 aliphatic carbocycles. The van der Waals surface area contributed by atoms with Gasteiger partial charge in [0.15, 0.2) is 0 Å². The summed E-state index contributed by atoms with van der Waals surface area (Å²) in [5, 5.41) is 3.47. The van der Waals surface area contributed by atoms with Crippen molar-refractivity contribution in [2.24, 2.45) is 0 Å². The third kappa shape index (κ3) is 4.39. The number of fused-ring (bicyclic) bond motifs is 1. The largest absolute Gasteiger partial charge is 0.496 e. The first kappa shape index (κ1) is 20.9. The quantitative estimate of drug-likeness (QED) is 0.312. The number of amides is 1. The van der Waals surface area contributed by atoms with Gasteiger partial charge < -0.3 is 14.5 Å². The first-order chi connectivity index (χ1) is 15.0. The number of rotatable bonds is 5. The zero-order valence-electron chi connectivity index (χ0n) is 16.9. The Morgan fingerprint density at radius 3 is 2.68 bits per heavy atom. The summed E-state index contributed by atoms with van der Waals surface area (Å²) in [4.78, 5) is 12.5. The number of para-hydroxylation sites is 1. The summed E-state index contributed by atoms with van der Waals surface area (Å²) < 4.78 is 26.1. The number of carbonyl (C=O) groups excluding carboxylic acids is 1. The highest BCUT2D eigenvalue weighted by atomic mass is 79.9. The Bertz CT molecular complexity index is 1310. The average Bonchev–Trinajstić information content (AvgIpc) is 3.17. The highest BCUT2D eigenvalue weighted by Crippen LogP contribution is 2.38. The Labute approximate surface area is 187 Å². The van der Waals surface area contributed by atoms with Crippen LogP contribution >= 0.6 is 15.9 Å². The minimum Gasteiger partial charge on any atom is -0.496 e. The number of ether oxygens (including phenoxy) is 1. The van der Waals surface area contributed by atoms with E-state index in [1.807, 2.05) is 37.3 Å². The molecule has 0 fully saturated rings. The second-order valence-corrected chi connectivity index (χ2v) is 7.92. The Hall–Kier alpha value is -3.38. The van der Waals surface area contributed by atoms with Gasteiger partial charge in [-0.2, -0.15) is 0 Å². The SMILES string of the molecule is COc1cc2occ(-c3cccc(Br)c3)c2cc1/C(C)=C/C(=O)Nc1ccccc1F. The fourth-order valence-corrected chi connectivity index (χ4v) is 3.82. The van der Waals surface area contributed by atoms with E-state index in [1.54, 1.807) is 31.6 Å².